The maximum atomic E-state index is 9.75. The lowest BCUT2D eigenvalue weighted by molar-refractivity contribution is 0.0789. The molecule has 1 aliphatic carbocycles. The van der Waals surface area contributed by atoms with E-state index in [2.05, 4.69) is 32.2 Å². The van der Waals surface area contributed by atoms with Crippen molar-refractivity contribution in [2.45, 2.75) is 58.9 Å². The van der Waals surface area contributed by atoms with E-state index < -0.39 is 0 Å². The molecule has 1 aromatic heterocycles. The minimum absolute atomic E-state index is 0.130. The van der Waals surface area contributed by atoms with Crippen LogP contribution >= 0.6 is 11.3 Å². The molecule has 2 N–H and O–H groups in total. The molecule has 1 saturated carbocycles. The number of rotatable bonds is 5. The molecule has 1 aromatic rings. The fraction of sp³-hybridized carbons (Fsp3) is 0.750. The number of aliphatic hydroxyl groups is 1. The second-order valence-electron chi connectivity index (χ2n) is 6.19. The average molecular weight is 281 g/mol. The van der Waals surface area contributed by atoms with Gasteiger partial charge in [0.15, 0.2) is 0 Å². The normalized spacial score (nSPS) is 20.4. The highest BCUT2D eigenvalue weighted by molar-refractivity contribution is 7.12. The third-order valence-electron chi connectivity index (χ3n) is 4.58. The van der Waals surface area contributed by atoms with Crippen LogP contribution in [-0.2, 0) is 0 Å². The molecule has 0 aromatic carbocycles. The van der Waals surface area contributed by atoms with Gasteiger partial charge in [0.05, 0.1) is 0 Å². The van der Waals surface area contributed by atoms with E-state index >= 15 is 0 Å². The van der Waals surface area contributed by atoms with Crippen LogP contribution in [0.5, 0.6) is 0 Å². The summed E-state index contributed by atoms with van der Waals surface area (Å²) in [4.78, 5) is 2.80. The maximum absolute atomic E-state index is 9.75. The number of hydrogen-bond donors (Lipinski definition) is 2. The van der Waals surface area contributed by atoms with Crippen molar-refractivity contribution >= 4 is 11.3 Å². The van der Waals surface area contributed by atoms with Crippen LogP contribution in [0.3, 0.4) is 0 Å². The van der Waals surface area contributed by atoms with Crippen molar-refractivity contribution < 1.29 is 5.11 Å². The molecule has 0 spiro atoms. The number of aliphatic hydroxyl groups excluding tert-OH is 1. The lowest BCUT2D eigenvalue weighted by Gasteiger charge is -2.36. The molecule has 0 amide bonds. The number of thiophene rings is 1. The Kier molecular flexibility index (Phi) is 5.04. The van der Waals surface area contributed by atoms with E-state index in [1.54, 1.807) is 0 Å². The van der Waals surface area contributed by atoms with Gasteiger partial charge in [-0.05, 0) is 45.2 Å². The van der Waals surface area contributed by atoms with Crippen molar-refractivity contribution in [3.05, 3.63) is 21.4 Å². The first kappa shape index (κ1) is 15.0. The van der Waals surface area contributed by atoms with Gasteiger partial charge in [0.25, 0.3) is 0 Å². The highest BCUT2D eigenvalue weighted by atomic mass is 32.1. The molecule has 108 valence electrons. The average Bonchev–Trinajstić information content (AvgIpc) is 2.76. The van der Waals surface area contributed by atoms with E-state index in [0.717, 1.165) is 6.54 Å². The highest BCUT2D eigenvalue weighted by Crippen LogP contribution is 2.36. The molecule has 0 bridgehead atoms. The SMILES string of the molecule is Cc1cc(C(C)NCC2(CO)CCCCC2)c(C)s1. The Morgan fingerprint density at radius 2 is 2.00 bits per heavy atom. The third-order valence-corrected chi connectivity index (χ3v) is 5.56. The van der Waals surface area contributed by atoms with Gasteiger partial charge in [0.2, 0.25) is 0 Å². The molecule has 2 rings (SSSR count). The van der Waals surface area contributed by atoms with Crippen molar-refractivity contribution in [3.8, 4) is 0 Å². The van der Waals surface area contributed by atoms with Gasteiger partial charge in [-0.3, -0.25) is 0 Å². The zero-order chi connectivity index (χ0) is 13.9. The van der Waals surface area contributed by atoms with E-state index in [1.807, 2.05) is 11.3 Å². The first-order chi connectivity index (χ1) is 9.06. The first-order valence-electron chi connectivity index (χ1n) is 7.47. The summed E-state index contributed by atoms with van der Waals surface area (Å²) in [6.07, 6.45) is 6.22. The van der Waals surface area contributed by atoms with Gasteiger partial charge in [-0.1, -0.05) is 19.3 Å². The van der Waals surface area contributed by atoms with Crippen molar-refractivity contribution in [2.75, 3.05) is 13.2 Å². The summed E-state index contributed by atoms with van der Waals surface area (Å²) in [7, 11) is 0. The predicted octanol–water partition coefficient (Wildman–Crippen LogP) is 3.96. The summed E-state index contributed by atoms with van der Waals surface area (Å²) >= 11 is 1.87. The molecule has 1 heterocycles. The monoisotopic (exact) mass is 281 g/mol. The molecule has 2 nitrogen and oxygen atoms in total. The molecule has 1 atom stereocenters. The first-order valence-corrected chi connectivity index (χ1v) is 8.29. The van der Waals surface area contributed by atoms with Gasteiger partial charge < -0.3 is 10.4 Å². The zero-order valence-electron chi connectivity index (χ0n) is 12.5. The topological polar surface area (TPSA) is 32.3 Å². The van der Waals surface area contributed by atoms with E-state index in [0.29, 0.717) is 12.6 Å². The molecule has 0 radical (unpaired) electrons. The fourth-order valence-corrected chi connectivity index (χ4v) is 4.27. The van der Waals surface area contributed by atoms with Crippen LogP contribution in [0.25, 0.3) is 0 Å². The molecule has 0 saturated heterocycles. The molecule has 19 heavy (non-hydrogen) atoms. The van der Waals surface area contributed by atoms with Crippen LogP contribution in [0.15, 0.2) is 6.07 Å². The van der Waals surface area contributed by atoms with Gasteiger partial charge in [-0.25, -0.2) is 0 Å². The van der Waals surface area contributed by atoms with Crippen LogP contribution in [0, 0.1) is 19.3 Å². The van der Waals surface area contributed by atoms with Crippen LogP contribution in [0.4, 0.5) is 0 Å². The van der Waals surface area contributed by atoms with Crippen LogP contribution in [0.2, 0.25) is 0 Å². The Morgan fingerprint density at radius 1 is 1.32 bits per heavy atom. The third kappa shape index (κ3) is 3.59. The lowest BCUT2D eigenvalue weighted by atomic mass is 9.74. The van der Waals surface area contributed by atoms with Gasteiger partial charge >= 0.3 is 0 Å². The molecule has 1 fully saturated rings. The second kappa shape index (κ2) is 6.38. The second-order valence-corrected chi connectivity index (χ2v) is 7.65. The lowest BCUT2D eigenvalue weighted by Crippen LogP contribution is -2.40. The standard InChI is InChI=1S/C16H27NOS/c1-12-9-15(14(3)19-12)13(2)17-10-16(11-18)7-5-4-6-8-16/h9,13,17-18H,4-8,10-11H2,1-3H3. The van der Waals surface area contributed by atoms with Gasteiger partial charge in [0.1, 0.15) is 0 Å². The summed E-state index contributed by atoms with van der Waals surface area (Å²) in [5, 5.41) is 13.4. The van der Waals surface area contributed by atoms with Gasteiger partial charge in [-0.15, -0.1) is 11.3 Å². The Balaban J connectivity index is 1.95. The Hall–Kier alpha value is -0.380. The molecular formula is C16H27NOS. The summed E-state index contributed by atoms with van der Waals surface area (Å²) in [6.45, 7) is 7.88. The smallest absolute Gasteiger partial charge is 0.0499 e. The van der Waals surface area contributed by atoms with E-state index in [-0.39, 0.29) is 5.41 Å². The Bertz CT molecular complexity index is 407. The highest BCUT2D eigenvalue weighted by Gasteiger charge is 2.31. The molecule has 3 heteroatoms. The van der Waals surface area contributed by atoms with Gasteiger partial charge in [0, 0.05) is 34.4 Å². The van der Waals surface area contributed by atoms with Gasteiger partial charge in [-0.2, -0.15) is 0 Å². The summed E-state index contributed by atoms with van der Waals surface area (Å²) in [5.74, 6) is 0. The molecular weight excluding hydrogens is 254 g/mol. The zero-order valence-corrected chi connectivity index (χ0v) is 13.3. The predicted molar refractivity (Wildman–Crippen MR) is 82.8 cm³/mol. The van der Waals surface area contributed by atoms with Crippen molar-refractivity contribution in [1.29, 1.82) is 0 Å². The van der Waals surface area contributed by atoms with E-state index in [9.17, 15) is 5.11 Å². The van der Waals surface area contributed by atoms with Crippen LogP contribution in [0.1, 0.15) is 60.4 Å². The number of nitrogens with one attached hydrogen (secondary N) is 1. The van der Waals surface area contributed by atoms with E-state index in [4.69, 9.17) is 0 Å². The summed E-state index contributed by atoms with van der Waals surface area (Å²) < 4.78 is 0. The van der Waals surface area contributed by atoms with Crippen molar-refractivity contribution in [3.63, 3.8) is 0 Å². The number of aryl methyl sites for hydroxylation is 2. The van der Waals surface area contributed by atoms with Crippen LogP contribution < -0.4 is 5.32 Å². The summed E-state index contributed by atoms with van der Waals surface area (Å²) in [6, 6.07) is 2.68. The number of hydrogen-bond acceptors (Lipinski definition) is 3. The van der Waals surface area contributed by atoms with Crippen molar-refractivity contribution in [2.24, 2.45) is 5.41 Å². The Labute approximate surface area is 121 Å². The minimum atomic E-state index is 0.130. The Morgan fingerprint density at radius 3 is 2.53 bits per heavy atom. The fourth-order valence-electron chi connectivity index (χ4n) is 3.25. The van der Waals surface area contributed by atoms with E-state index in [1.165, 1.54) is 47.4 Å². The largest absolute Gasteiger partial charge is 0.396 e. The maximum Gasteiger partial charge on any atom is 0.0499 e. The minimum Gasteiger partial charge on any atom is -0.396 e. The molecule has 1 aliphatic rings. The van der Waals surface area contributed by atoms with Crippen LogP contribution in [-0.4, -0.2) is 18.3 Å². The summed E-state index contributed by atoms with van der Waals surface area (Å²) in [5.41, 5.74) is 1.55. The molecule has 0 aliphatic heterocycles. The van der Waals surface area contributed by atoms with Crippen molar-refractivity contribution in [1.82, 2.24) is 5.32 Å². The molecule has 1 unspecified atom stereocenters. The quantitative estimate of drug-likeness (QED) is 0.856.